The number of hydrogen-bond donors (Lipinski definition) is 1. The number of furan rings is 1. The standard InChI is InChI=1S/C28H19NO.S107/c1-2-12-22-19(8-1)9-6-16-26(22)29-21-11-5-10-20(18-21)23-14-7-15-25-24-13-3-4-17-27(24)30-28(23)25;1-3-5-7-9-11-13-15-17-19-21-23-25-27-29-31-33-35-37-39-41-43-45-47-49-51-53-55-57-59-61-63-65-67-69-71-73-75-77-79-81-83-85-87-89-91-93-95-97-99-101-103-105-107-106-104-102-100-98-96-94-92-90-88-86-84-82-80-78-76-74-72-70-68-66-64-62-60-58-56-54-52-50-48-46-44-42-40-38-36-34-32-30-28-26-24-22-20-18-16-14-12-10-8-6-4-2/h1-18,29H;. The molecule has 0 aliphatic carbocycles. The molecule has 6 aromatic rings. The van der Waals surface area contributed by atoms with E-state index in [2.05, 4.69) is 102 Å². The van der Waals surface area contributed by atoms with Gasteiger partial charge in [-0.1, -0.05) is 84.9 Å². The van der Waals surface area contributed by atoms with Crippen molar-refractivity contribution < 1.29 is 4.42 Å². The third kappa shape index (κ3) is 95.9. The van der Waals surface area contributed by atoms with Crippen LogP contribution < -0.4 is 5.32 Å². The maximum Gasteiger partial charge on any atom is 0.143 e. The van der Waals surface area contributed by atoms with Gasteiger partial charge < -0.3 is 9.73 Å². The first-order valence-electron chi connectivity index (χ1n) is 27.8. The van der Waals surface area contributed by atoms with Gasteiger partial charge >= 0.3 is 0 Å². The zero-order valence-corrected chi connectivity index (χ0v) is 147. The van der Waals surface area contributed by atoms with E-state index in [9.17, 15) is 0 Å². The second-order valence-corrected chi connectivity index (χ2v) is 200. The molecule has 1 heterocycles. The van der Waals surface area contributed by atoms with Gasteiger partial charge in [0.05, 0.1) is 0 Å². The Labute approximate surface area is 1100 Å². The fourth-order valence-corrected chi connectivity index (χ4v) is 288. The summed E-state index contributed by atoms with van der Waals surface area (Å²) in [6, 6.07) is 37.9. The quantitative estimate of drug-likeness (QED) is 0.195. The molecule has 0 unspecified atom stereocenters. The van der Waals surface area contributed by atoms with E-state index in [1.807, 2.05) is 820 Å². The minimum absolute atomic E-state index is 0.921. The fraction of sp³-hybridized carbons (Fsp3) is 0. The minimum atomic E-state index is 0.921. The monoisotopic (exact) mass is 3810 g/mol. The third-order valence-electron chi connectivity index (χ3n) is 8.54. The summed E-state index contributed by atoms with van der Waals surface area (Å²) in [6.45, 7) is 0. The second-order valence-electron chi connectivity index (χ2n) is 14.7. The van der Waals surface area contributed by atoms with Crippen molar-refractivity contribution in [3.63, 3.8) is 0 Å². The molecule has 0 radical (unpaired) electrons. The molecule has 109 heteroatoms. The van der Waals surface area contributed by atoms with Crippen molar-refractivity contribution in [1.29, 1.82) is 0 Å². The maximum absolute atomic E-state index is 6.23. The highest BCUT2D eigenvalue weighted by atomic mass is 33.6. The lowest BCUT2D eigenvalue weighted by Crippen LogP contribution is -1.92. The first-order chi connectivity index (χ1) is 68.3. The highest BCUT2D eigenvalue weighted by Gasteiger charge is 2.12. The average molecular weight is 3820 g/mol. The maximum atomic E-state index is 6.23. The molecular weight excluding hydrogens is 3800 g/mol. The van der Waals surface area contributed by atoms with Crippen molar-refractivity contribution >= 4 is 999 Å². The van der Waals surface area contributed by atoms with E-state index in [0.29, 0.717) is 0 Å². The molecule has 0 saturated heterocycles. The Morgan fingerprint density at radius 1 is 0.161 bits per heavy atom. The van der Waals surface area contributed by atoms with Gasteiger partial charge in [0.2, 0.25) is 0 Å². The Morgan fingerprint density at radius 2 is 0.343 bits per heavy atom. The van der Waals surface area contributed by atoms with Crippen molar-refractivity contribution in [2.45, 2.75) is 0 Å². The smallest absolute Gasteiger partial charge is 0.143 e. The topological polar surface area (TPSA) is 25.2 Å². The molecule has 0 amide bonds. The van der Waals surface area contributed by atoms with Crippen LogP contribution in [0.4, 0.5) is 11.4 Å². The zero-order chi connectivity index (χ0) is 96.2. The van der Waals surface area contributed by atoms with Crippen LogP contribution in [-0.2, 0) is 955 Å². The average Bonchev–Trinajstić information content (AvgIpc) is 1.62. The van der Waals surface area contributed by atoms with E-state index in [0.717, 1.165) is 44.4 Å². The summed E-state index contributed by atoms with van der Waals surface area (Å²) in [6.07, 6.45) is 0. The molecule has 1 N–H and O–H groups in total. The summed E-state index contributed by atoms with van der Waals surface area (Å²) in [5.41, 5.74) is 6.24. The van der Waals surface area contributed by atoms with Crippen LogP contribution >= 0.6 is 0 Å². The molecule has 784 valence electrons. The first-order valence-corrected chi connectivity index (χ1v) is 169. The van der Waals surface area contributed by atoms with Crippen molar-refractivity contribution in [2.75, 3.05) is 5.32 Å². The molecule has 0 saturated carbocycles. The molecule has 0 aliphatic rings. The molecule has 1 aromatic heterocycles. The molecule has 0 fully saturated rings. The van der Waals surface area contributed by atoms with Crippen LogP contribution in [0.5, 0.6) is 0 Å². The van der Waals surface area contributed by atoms with Crippen molar-refractivity contribution in [3.8, 4) is 11.1 Å². The summed E-state index contributed by atoms with van der Waals surface area (Å²) in [5, 5.41) is 8.34. The lowest BCUT2D eigenvalue weighted by Gasteiger charge is -2.11. The predicted molar refractivity (Wildman–Crippen MR) is 914 cm³/mol. The van der Waals surface area contributed by atoms with E-state index in [4.69, 9.17) is 26.8 Å². The van der Waals surface area contributed by atoms with Gasteiger partial charge in [-0.05, 0) is 35.2 Å². The van der Waals surface area contributed by atoms with Crippen molar-refractivity contribution in [2.24, 2.45) is 0 Å². The number of anilines is 2. The first kappa shape index (κ1) is 147. The number of fused-ring (bicyclic) bond motifs is 4. The number of benzene rings is 5. The number of nitrogens with one attached hydrogen (secondary N) is 1. The number of para-hydroxylation sites is 2. The largest absolute Gasteiger partial charge is 0.455 e. The van der Waals surface area contributed by atoms with Gasteiger partial charge in [-0.2, -0.15) is 0 Å². The van der Waals surface area contributed by atoms with E-state index in [-0.39, 0.29) is 0 Å². The van der Waals surface area contributed by atoms with Crippen molar-refractivity contribution in [1.82, 2.24) is 0 Å². The molecule has 0 spiro atoms. The van der Waals surface area contributed by atoms with Crippen LogP contribution in [0.25, 0.3) is 43.8 Å². The van der Waals surface area contributed by atoms with Crippen LogP contribution in [0.3, 0.4) is 0 Å². The lowest BCUT2D eigenvalue weighted by atomic mass is 10.0. The third-order valence-corrected chi connectivity index (χ3v) is 240. The predicted octanol–water partition coefficient (Wildman–Crippen LogP) is 7.89. The molecular formula is C28H19NOS107. The van der Waals surface area contributed by atoms with Crippen LogP contribution in [0.15, 0.2) is 114 Å². The van der Waals surface area contributed by atoms with Gasteiger partial charge in [-0.15, -0.1) is 0 Å². The van der Waals surface area contributed by atoms with Gasteiger partial charge in [-0.3, -0.25) is 0 Å². The Bertz CT molecular complexity index is 10600. The van der Waals surface area contributed by atoms with E-state index < -0.39 is 0 Å². The highest BCUT2D eigenvalue weighted by Crippen LogP contribution is 2.37. The van der Waals surface area contributed by atoms with E-state index in [1.54, 1.807) is 107 Å². The van der Waals surface area contributed by atoms with E-state index >= 15 is 0 Å². The normalized spacial score (nSPS) is 8.64. The van der Waals surface area contributed by atoms with Gasteiger partial charge in [-0.25, -0.2) is 0 Å². The molecule has 6 rings (SSSR count). The van der Waals surface area contributed by atoms with Crippen LogP contribution in [0.1, 0.15) is 0 Å². The Morgan fingerprint density at radius 3 is 0.577 bits per heavy atom. The summed E-state index contributed by atoms with van der Waals surface area (Å²) in [4.78, 5) is 0. The fourth-order valence-electron chi connectivity index (χ4n) is 5.40. The molecule has 5 aromatic carbocycles. The SMILES string of the molecule is S=S=S=S=S=S=S=S=S=S=S=S=S=S=S=S=S=S=S=S=S=S=S=S=S=S=S=S=S=S=S=S=S=S=S=S=S=S=S=S=S=S=S=S=S=S=S=S=S=S=S=S=S=S=S=S=S=S=S=S=S=S=S=S=S=S=S=S=S=S=S=S=S=S=S=S=S=S=S=S=S=S=S=S=S=S=S=S=S=S=S=S=S=S=S=S=S=S=S=S=S=S=S=S=S=S=S.c1cc(Nc2cccc3ccccc23)cc(-c2cccc3c2oc2ccccc23)c1. The minimum Gasteiger partial charge on any atom is -0.455 e. The van der Waals surface area contributed by atoms with Gasteiger partial charge in [0, 0.05) is 988 Å². The highest BCUT2D eigenvalue weighted by molar-refractivity contribution is 8.88. The Kier molecular flexibility index (Phi) is 131. The second kappa shape index (κ2) is 122. The molecule has 0 atom stereocenters. The Balaban J connectivity index is 0.000000907. The van der Waals surface area contributed by atoms with Crippen molar-refractivity contribution in [3.05, 3.63) is 109 Å². The molecule has 0 bridgehead atoms. The van der Waals surface area contributed by atoms with E-state index in [1.165, 1.54) is 28.5 Å². The molecule has 137 heavy (non-hydrogen) atoms. The Hall–Kier alpha value is 19.5. The summed E-state index contributed by atoms with van der Waals surface area (Å²) in [5.74, 6) is 0. The van der Waals surface area contributed by atoms with Gasteiger partial charge in [0.25, 0.3) is 0 Å². The van der Waals surface area contributed by atoms with Crippen LogP contribution in [0.2, 0.25) is 0 Å². The summed E-state index contributed by atoms with van der Waals surface area (Å²) in [7, 11) is 190. The molecule has 0 aliphatic heterocycles. The number of rotatable bonds is 3. The summed E-state index contributed by atoms with van der Waals surface area (Å²) >= 11 is 9.66. The number of hydrogen-bond acceptors (Lipinski definition) is 4. The van der Waals surface area contributed by atoms with Gasteiger partial charge in [0.1, 0.15) is 11.2 Å². The lowest BCUT2D eigenvalue weighted by molar-refractivity contribution is 0.670. The van der Waals surface area contributed by atoms with Gasteiger partial charge in [0.15, 0.2) is 0 Å². The van der Waals surface area contributed by atoms with Crippen LogP contribution in [-0.4, -0.2) is 0 Å². The summed E-state index contributed by atoms with van der Waals surface area (Å²) < 4.78 is 6.23. The molecule has 2 nitrogen and oxygen atoms in total. The van der Waals surface area contributed by atoms with Crippen LogP contribution in [0, 0.1) is 0 Å². The zero-order valence-electron chi connectivity index (χ0n) is 60.0.